The molecule has 35 heavy (non-hydrogen) atoms. The number of hydrogen-bond acceptors (Lipinski definition) is 9. The van der Waals surface area contributed by atoms with E-state index in [1.807, 2.05) is 0 Å². The van der Waals surface area contributed by atoms with Crippen LogP contribution in [0.2, 0.25) is 0 Å². The van der Waals surface area contributed by atoms with Crippen molar-refractivity contribution in [3.63, 3.8) is 0 Å². The van der Waals surface area contributed by atoms with Crippen molar-refractivity contribution in [2.75, 3.05) is 13.2 Å². The van der Waals surface area contributed by atoms with E-state index in [1.165, 1.54) is 20.8 Å². The van der Waals surface area contributed by atoms with E-state index in [9.17, 15) is 24.0 Å². The quantitative estimate of drug-likeness (QED) is 0.248. The second-order valence-electron chi connectivity index (χ2n) is 11.0. The van der Waals surface area contributed by atoms with E-state index in [2.05, 4.69) is 6.58 Å². The predicted molar refractivity (Wildman–Crippen MR) is 120 cm³/mol. The van der Waals surface area contributed by atoms with E-state index < -0.39 is 58.2 Å². The van der Waals surface area contributed by atoms with Crippen molar-refractivity contribution in [3.05, 3.63) is 12.2 Å². The van der Waals surface area contributed by atoms with Gasteiger partial charge in [-0.3, -0.25) is 19.2 Å². The molecule has 1 aliphatic heterocycles. The van der Waals surface area contributed by atoms with E-state index >= 15 is 0 Å². The first-order valence-corrected chi connectivity index (χ1v) is 12.2. The molecule has 2 spiro atoms. The zero-order chi connectivity index (χ0) is 25.8. The summed E-state index contributed by atoms with van der Waals surface area (Å²) in [5.41, 5.74) is -2.24. The van der Waals surface area contributed by atoms with Gasteiger partial charge in [-0.2, -0.15) is 0 Å². The number of aldehydes is 1. The van der Waals surface area contributed by atoms with Crippen LogP contribution in [0.15, 0.2) is 12.2 Å². The van der Waals surface area contributed by atoms with Gasteiger partial charge >= 0.3 is 23.9 Å². The molecule has 0 N–H and O–H groups in total. The Bertz CT molecular complexity index is 972. The lowest BCUT2D eigenvalue weighted by Gasteiger charge is -2.62. The Morgan fingerprint density at radius 3 is 2.37 bits per heavy atom. The monoisotopic (exact) mass is 490 g/mol. The van der Waals surface area contributed by atoms with Crippen LogP contribution in [0.1, 0.15) is 59.8 Å². The highest BCUT2D eigenvalue weighted by Crippen LogP contribution is 2.69. The van der Waals surface area contributed by atoms with Gasteiger partial charge in [0.15, 0.2) is 0 Å². The maximum atomic E-state index is 13.5. The molecule has 1 saturated heterocycles. The number of carbonyl (C=O) groups is 5. The molecular weight excluding hydrogens is 456 g/mol. The van der Waals surface area contributed by atoms with Gasteiger partial charge in [-0.05, 0) is 49.5 Å². The van der Waals surface area contributed by atoms with E-state index in [0.717, 1.165) is 18.3 Å². The molecule has 9 nitrogen and oxygen atoms in total. The van der Waals surface area contributed by atoms with Crippen molar-refractivity contribution in [1.29, 1.82) is 0 Å². The predicted octanol–water partition coefficient (Wildman–Crippen LogP) is 2.54. The van der Waals surface area contributed by atoms with Crippen molar-refractivity contribution in [3.8, 4) is 0 Å². The zero-order valence-electron chi connectivity index (χ0n) is 20.8. The minimum atomic E-state index is -1.12. The van der Waals surface area contributed by atoms with Crippen molar-refractivity contribution in [2.45, 2.75) is 72.0 Å². The van der Waals surface area contributed by atoms with Gasteiger partial charge in [0.1, 0.15) is 30.5 Å². The molecule has 0 amide bonds. The molecule has 0 aromatic rings. The van der Waals surface area contributed by atoms with Gasteiger partial charge in [0.25, 0.3) is 0 Å². The summed E-state index contributed by atoms with van der Waals surface area (Å²) in [6.45, 7) is 9.76. The van der Waals surface area contributed by atoms with Crippen molar-refractivity contribution in [2.24, 2.45) is 34.0 Å². The lowest BCUT2D eigenvalue weighted by atomic mass is 9.44. The van der Waals surface area contributed by atoms with Crippen LogP contribution in [-0.4, -0.2) is 55.6 Å². The Morgan fingerprint density at radius 1 is 1.09 bits per heavy atom. The van der Waals surface area contributed by atoms with Gasteiger partial charge in [0.2, 0.25) is 0 Å². The average Bonchev–Trinajstić information content (AvgIpc) is 2.98. The lowest BCUT2D eigenvalue weighted by molar-refractivity contribution is -0.240. The first kappa shape index (κ1) is 25.4. The van der Waals surface area contributed by atoms with Gasteiger partial charge < -0.3 is 23.7 Å². The molecule has 3 saturated carbocycles. The van der Waals surface area contributed by atoms with Gasteiger partial charge in [0, 0.05) is 37.5 Å². The molecular formula is C26H34O9. The van der Waals surface area contributed by atoms with Gasteiger partial charge in [-0.15, -0.1) is 0 Å². The highest BCUT2D eigenvalue weighted by atomic mass is 16.6. The Labute approximate surface area is 204 Å². The van der Waals surface area contributed by atoms with Gasteiger partial charge in [-0.25, -0.2) is 0 Å². The Balaban J connectivity index is 1.82. The molecule has 4 aliphatic rings. The van der Waals surface area contributed by atoms with Crippen molar-refractivity contribution in [1.82, 2.24) is 0 Å². The highest BCUT2D eigenvalue weighted by Gasteiger charge is 2.74. The fourth-order valence-corrected chi connectivity index (χ4v) is 7.76. The maximum absolute atomic E-state index is 13.5. The van der Waals surface area contributed by atoms with E-state index in [4.69, 9.17) is 18.9 Å². The van der Waals surface area contributed by atoms with Crippen LogP contribution < -0.4 is 0 Å². The summed E-state index contributed by atoms with van der Waals surface area (Å²) in [5.74, 6) is -2.96. The topological polar surface area (TPSA) is 122 Å². The number of ether oxygens (including phenoxy) is 4. The Morgan fingerprint density at radius 2 is 1.77 bits per heavy atom. The molecule has 0 unspecified atom stereocenters. The number of rotatable bonds is 5. The van der Waals surface area contributed by atoms with Crippen molar-refractivity contribution >= 4 is 30.2 Å². The summed E-state index contributed by atoms with van der Waals surface area (Å²) < 4.78 is 22.6. The number of fused-ring (bicyclic) bond motifs is 2. The Hall–Kier alpha value is -2.71. The van der Waals surface area contributed by atoms with E-state index in [0.29, 0.717) is 25.7 Å². The van der Waals surface area contributed by atoms with Crippen LogP contribution in [0.25, 0.3) is 0 Å². The normalized spacial score (nSPS) is 42.0. The first-order valence-electron chi connectivity index (χ1n) is 12.2. The molecule has 1 heterocycles. The van der Waals surface area contributed by atoms with Crippen LogP contribution in [0.3, 0.4) is 0 Å². The van der Waals surface area contributed by atoms with Crippen LogP contribution in [-0.2, 0) is 42.9 Å². The average molecular weight is 491 g/mol. The minimum Gasteiger partial charge on any atom is -0.465 e. The minimum absolute atomic E-state index is 0.0219. The lowest BCUT2D eigenvalue weighted by Crippen LogP contribution is -2.67. The largest absolute Gasteiger partial charge is 0.465 e. The molecule has 0 aromatic heterocycles. The van der Waals surface area contributed by atoms with Crippen molar-refractivity contribution < 1.29 is 42.9 Å². The molecule has 2 bridgehead atoms. The third-order valence-electron chi connectivity index (χ3n) is 9.14. The number of carbonyl (C=O) groups excluding carboxylic acids is 5. The third kappa shape index (κ3) is 3.69. The summed E-state index contributed by atoms with van der Waals surface area (Å²) in [4.78, 5) is 62.0. The number of esters is 4. The van der Waals surface area contributed by atoms with Gasteiger partial charge in [0.05, 0.1) is 6.61 Å². The SMILES string of the molecule is C=C1[C@@H]2CC[C@H]3[C@@]4(CC[C@H](OC(C)=O)[C@@](C)(COC(C)=O)[C@H]4C=O)COC(=O)[C@]3(C2)[C@@H]1OC(C)=O. The van der Waals surface area contributed by atoms with Crippen LogP contribution in [0.4, 0.5) is 0 Å². The Kier molecular flexibility index (Phi) is 6.34. The molecule has 8 atom stereocenters. The fraction of sp³-hybridized carbons (Fsp3) is 0.731. The summed E-state index contributed by atoms with van der Waals surface area (Å²) in [6, 6.07) is 0. The molecule has 0 radical (unpaired) electrons. The smallest absolute Gasteiger partial charge is 0.316 e. The highest BCUT2D eigenvalue weighted by molar-refractivity contribution is 5.82. The summed E-state index contributed by atoms with van der Waals surface area (Å²) >= 11 is 0. The maximum Gasteiger partial charge on any atom is 0.316 e. The number of hydrogen-bond donors (Lipinski definition) is 0. The molecule has 3 aliphatic carbocycles. The fourth-order valence-electron chi connectivity index (χ4n) is 7.76. The second-order valence-corrected chi connectivity index (χ2v) is 11.0. The zero-order valence-corrected chi connectivity index (χ0v) is 20.8. The summed E-state index contributed by atoms with van der Waals surface area (Å²) in [7, 11) is 0. The van der Waals surface area contributed by atoms with E-state index in [1.54, 1.807) is 6.92 Å². The number of cyclic esters (lactones) is 1. The molecule has 0 aromatic carbocycles. The van der Waals surface area contributed by atoms with E-state index in [-0.39, 0.29) is 25.0 Å². The van der Waals surface area contributed by atoms with Gasteiger partial charge in [-0.1, -0.05) is 13.5 Å². The summed E-state index contributed by atoms with van der Waals surface area (Å²) in [6.07, 6.45) is 2.09. The first-order chi connectivity index (χ1) is 16.4. The standard InChI is InChI=1S/C26H34O9/c1-14-18-6-7-19-25(13-33-23(31)26(19,10-18)22(14)35-17(4)30)9-8-21(34-16(3)29)24(5,20(25)11-27)12-32-15(2)28/h11,18-22H,1,6-10,12-13H2,2-5H3/t18-,19+,20-,21+,22-,24+,25-,26+/m1/s1. The molecule has 4 fully saturated rings. The van der Waals surface area contributed by atoms with Crippen LogP contribution >= 0.6 is 0 Å². The van der Waals surface area contributed by atoms with Crippen LogP contribution in [0, 0.1) is 34.0 Å². The molecule has 4 rings (SSSR count). The van der Waals surface area contributed by atoms with Crippen LogP contribution in [0.5, 0.6) is 0 Å². The second kappa shape index (κ2) is 8.75. The molecule has 9 heteroatoms. The molecule has 192 valence electrons. The third-order valence-corrected chi connectivity index (χ3v) is 9.14. The summed E-state index contributed by atoms with van der Waals surface area (Å²) in [5, 5.41) is 0.